The summed E-state index contributed by atoms with van der Waals surface area (Å²) in [7, 11) is 0. The molecular weight excluding hydrogens is 300 g/mol. The van der Waals surface area contributed by atoms with Crippen LogP contribution in [0.2, 0.25) is 0 Å². The zero-order valence-electron chi connectivity index (χ0n) is 12.3. The zero-order valence-corrected chi connectivity index (χ0v) is 12.3. The Morgan fingerprint density at radius 3 is 2.52 bits per heavy atom. The molecule has 1 N–H and O–H groups in total. The highest BCUT2D eigenvalue weighted by Crippen LogP contribution is 2.43. The molecule has 2 aliphatic rings. The van der Waals surface area contributed by atoms with Crippen molar-refractivity contribution in [3.05, 3.63) is 46.5 Å². The highest BCUT2D eigenvalue weighted by Gasteiger charge is 2.40. The van der Waals surface area contributed by atoms with Crippen LogP contribution >= 0.6 is 0 Å². The maximum Gasteiger partial charge on any atom is 0.310 e. The summed E-state index contributed by atoms with van der Waals surface area (Å²) in [6.07, 6.45) is 5.98. The van der Waals surface area contributed by atoms with Crippen molar-refractivity contribution in [2.75, 3.05) is 11.9 Å². The fourth-order valence-corrected chi connectivity index (χ4v) is 3.16. The summed E-state index contributed by atoms with van der Waals surface area (Å²) in [6.45, 7) is -0.354. The van der Waals surface area contributed by atoms with Gasteiger partial charge in [0.1, 0.15) is 0 Å². The number of fused-ring (bicyclic) bond motifs is 2. The topological polar surface area (TPSA) is 98.5 Å². The van der Waals surface area contributed by atoms with Gasteiger partial charge in [-0.15, -0.1) is 0 Å². The zero-order chi connectivity index (χ0) is 16.4. The Balaban J connectivity index is 1.47. The predicted octanol–water partition coefficient (Wildman–Crippen LogP) is 2.29. The third-order valence-corrected chi connectivity index (χ3v) is 4.29. The van der Waals surface area contributed by atoms with Crippen LogP contribution in [0, 0.1) is 27.9 Å². The van der Waals surface area contributed by atoms with E-state index in [-0.39, 0.29) is 30.1 Å². The van der Waals surface area contributed by atoms with Crippen molar-refractivity contribution in [2.45, 2.75) is 12.8 Å². The Labute approximate surface area is 132 Å². The molecule has 0 aliphatic heterocycles. The highest BCUT2D eigenvalue weighted by molar-refractivity contribution is 5.93. The number of benzene rings is 1. The number of non-ortho nitro benzene ring substituents is 1. The summed E-state index contributed by atoms with van der Waals surface area (Å²) < 4.78 is 5.08. The fraction of sp³-hybridized carbons (Fsp3) is 0.375. The van der Waals surface area contributed by atoms with Gasteiger partial charge in [0.25, 0.3) is 11.6 Å². The first-order valence-corrected chi connectivity index (χ1v) is 7.42. The van der Waals surface area contributed by atoms with Gasteiger partial charge in [-0.05, 0) is 36.8 Å². The Morgan fingerprint density at radius 2 is 1.96 bits per heavy atom. The molecule has 0 saturated heterocycles. The van der Waals surface area contributed by atoms with E-state index in [2.05, 4.69) is 17.5 Å². The number of amides is 1. The molecule has 1 fully saturated rings. The van der Waals surface area contributed by atoms with Crippen molar-refractivity contribution >= 4 is 23.3 Å². The average molecular weight is 316 g/mol. The van der Waals surface area contributed by atoms with Crippen molar-refractivity contribution in [2.24, 2.45) is 17.8 Å². The second-order valence-electron chi connectivity index (χ2n) is 5.85. The van der Waals surface area contributed by atoms with Crippen LogP contribution < -0.4 is 5.32 Å². The van der Waals surface area contributed by atoms with Gasteiger partial charge in [0.15, 0.2) is 6.61 Å². The SMILES string of the molecule is O=C(COC(=O)[C@H]1C[C@H]2C=C[C@H]1C2)Nc1ccc([N+](=O)[O-])cc1. The second kappa shape index (κ2) is 6.20. The summed E-state index contributed by atoms with van der Waals surface area (Å²) in [5.74, 6) is -0.236. The molecule has 0 radical (unpaired) electrons. The molecule has 1 aromatic carbocycles. The largest absolute Gasteiger partial charge is 0.455 e. The lowest BCUT2D eigenvalue weighted by Crippen LogP contribution is -2.26. The first-order chi connectivity index (χ1) is 11.0. The number of rotatable bonds is 5. The fourth-order valence-electron chi connectivity index (χ4n) is 3.16. The third kappa shape index (κ3) is 3.39. The van der Waals surface area contributed by atoms with Crippen LogP contribution in [0.15, 0.2) is 36.4 Å². The van der Waals surface area contributed by atoms with Crippen LogP contribution in [-0.2, 0) is 14.3 Å². The second-order valence-corrected chi connectivity index (χ2v) is 5.85. The molecule has 0 heterocycles. The van der Waals surface area contributed by atoms with Crippen LogP contribution in [-0.4, -0.2) is 23.4 Å². The van der Waals surface area contributed by atoms with E-state index in [0.717, 1.165) is 12.8 Å². The number of allylic oxidation sites excluding steroid dienone is 2. The van der Waals surface area contributed by atoms with Crippen molar-refractivity contribution in [3.8, 4) is 0 Å². The van der Waals surface area contributed by atoms with E-state index >= 15 is 0 Å². The monoisotopic (exact) mass is 316 g/mol. The van der Waals surface area contributed by atoms with Crippen molar-refractivity contribution < 1.29 is 19.2 Å². The first kappa shape index (κ1) is 15.2. The molecule has 23 heavy (non-hydrogen) atoms. The minimum Gasteiger partial charge on any atom is -0.455 e. The molecule has 0 spiro atoms. The number of anilines is 1. The van der Waals surface area contributed by atoms with E-state index in [1.165, 1.54) is 24.3 Å². The molecule has 2 aliphatic carbocycles. The number of carbonyl (C=O) groups excluding carboxylic acids is 2. The Kier molecular flexibility index (Phi) is 4.10. The standard InChI is InChI=1S/C16H16N2O5/c19-15(17-12-3-5-13(6-4-12)18(21)22)9-23-16(20)14-8-10-1-2-11(14)7-10/h1-6,10-11,14H,7-9H2,(H,17,19)/t10-,11-,14-/m0/s1. The van der Waals surface area contributed by atoms with Gasteiger partial charge in [-0.3, -0.25) is 19.7 Å². The number of ether oxygens (including phenoxy) is 1. The number of nitrogens with one attached hydrogen (secondary N) is 1. The Bertz CT molecular complexity index is 668. The van der Waals surface area contributed by atoms with Crippen LogP contribution in [0.3, 0.4) is 0 Å². The quantitative estimate of drug-likeness (QED) is 0.389. The molecule has 2 bridgehead atoms. The average Bonchev–Trinajstić information content (AvgIpc) is 3.16. The van der Waals surface area contributed by atoms with E-state index in [0.29, 0.717) is 11.6 Å². The van der Waals surface area contributed by atoms with Gasteiger partial charge in [-0.25, -0.2) is 0 Å². The molecular formula is C16H16N2O5. The lowest BCUT2D eigenvalue weighted by molar-refractivity contribution is -0.384. The molecule has 3 rings (SSSR count). The number of nitro benzene ring substituents is 1. The predicted molar refractivity (Wildman–Crippen MR) is 81.5 cm³/mol. The van der Waals surface area contributed by atoms with E-state index in [4.69, 9.17) is 4.74 Å². The molecule has 0 unspecified atom stereocenters. The maximum absolute atomic E-state index is 12.0. The van der Waals surface area contributed by atoms with Crippen molar-refractivity contribution in [3.63, 3.8) is 0 Å². The smallest absolute Gasteiger partial charge is 0.310 e. The lowest BCUT2D eigenvalue weighted by atomic mass is 9.94. The van der Waals surface area contributed by atoms with E-state index in [9.17, 15) is 19.7 Å². The number of nitrogens with zero attached hydrogens (tertiary/aromatic N) is 1. The summed E-state index contributed by atoms with van der Waals surface area (Å²) in [6, 6.07) is 5.45. The normalized spacial score (nSPS) is 24.4. The number of nitro groups is 1. The third-order valence-electron chi connectivity index (χ3n) is 4.29. The van der Waals surface area contributed by atoms with Gasteiger partial charge in [-0.2, -0.15) is 0 Å². The first-order valence-electron chi connectivity index (χ1n) is 7.42. The van der Waals surface area contributed by atoms with Gasteiger partial charge < -0.3 is 10.1 Å². The van der Waals surface area contributed by atoms with Gasteiger partial charge in [0.05, 0.1) is 10.8 Å². The molecule has 1 aromatic rings. The van der Waals surface area contributed by atoms with Gasteiger partial charge in [0, 0.05) is 17.8 Å². The van der Waals surface area contributed by atoms with Crippen molar-refractivity contribution in [1.82, 2.24) is 0 Å². The molecule has 120 valence electrons. The number of hydrogen-bond donors (Lipinski definition) is 1. The van der Waals surface area contributed by atoms with E-state index in [1.807, 2.05) is 0 Å². The molecule has 3 atom stereocenters. The Hall–Kier alpha value is -2.70. The Morgan fingerprint density at radius 1 is 1.22 bits per heavy atom. The van der Waals surface area contributed by atoms with Crippen molar-refractivity contribution in [1.29, 1.82) is 0 Å². The molecule has 0 aromatic heterocycles. The van der Waals surface area contributed by atoms with Crippen LogP contribution in [0.25, 0.3) is 0 Å². The van der Waals surface area contributed by atoms with Crippen LogP contribution in [0.5, 0.6) is 0 Å². The van der Waals surface area contributed by atoms with Crippen LogP contribution in [0.1, 0.15) is 12.8 Å². The number of esters is 1. The molecule has 1 amide bonds. The lowest BCUT2D eigenvalue weighted by Gasteiger charge is -2.16. The van der Waals surface area contributed by atoms with Gasteiger partial charge in [-0.1, -0.05) is 12.2 Å². The summed E-state index contributed by atoms with van der Waals surface area (Å²) in [5, 5.41) is 13.1. The highest BCUT2D eigenvalue weighted by atomic mass is 16.6. The summed E-state index contributed by atoms with van der Waals surface area (Å²) in [5.41, 5.74) is 0.360. The molecule has 7 nitrogen and oxygen atoms in total. The van der Waals surface area contributed by atoms with Gasteiger partial charge >= 0.3 is 5.97 Å². The number of carbonyl (C=O) groups is 2. The van der Waals surface area contributed by atoms with Crippen LogP contribution in [0.4, 0.5) is 11.4 Å². The molecule has 1 saturated carbocycles. The molecule has 7 heteroatoms. The minimum atomic E-state index is -0.517. The minimum absolute atomic E-state index is 0.0567. The van der Waals surface area contributed by atoms with Gasteiger partial charge in [0.2, 0.25) is 0 Å². The summed E-state index contributed by atoms with van der Waals surface area (Å²) in [4.78, 5) is 33.8. The van der Waals surface area contributed by atoms with E-state index < -0.39 is 10.8 Å². The van der Waals surface area contributed by atoms with E-state index in [1.54, 1.807) is 0 Å². The summed E-state index contributed by atoms with van der Waals surface area (Å²) >= 11 is 0. The number of hydrogen-bond acceptors (Lipinski definition) is 5. The maximum atomic E-state index is 12.0.